The Morgan fingerprint density at radius 3 is 2.41 bits per heavy atom. The Morgan fingerprint density at radius 2 is 1.74 bits per heavy atom. The fourth-order valence-corrected chi connectivity index (χ4v) is 4.45. The molecule has 1 aromatic heterocycles. The van der Waals surface area contributed by atoms with Crippen LogP contribution in [0.15, 0.2) is 24.4 Å². The van der Waals surface area contributed by atoms with Crippen LogP contribution in [-0.4, -0.2) is 51.5 Å². The van der Waals surface area contributed by atoms with Crippen LogP contribution in [0.3, 0.4) is 0 Å². The van der Waals surface area contributed by atoms with E-state index >= 15 is 0 Å². The van der Waals surface area contributed by atoms with Gasteiger partial charge in [0, 0.05) is 49.5 Å². The highest BCUT2D eigenvalue weighted by Crippen LogP contribution is 2.38. The van der Waals surface area contributed by atoms with Gasteiger partial charge in [-0.25, -0.2) is 0 Å². The van der Waals surface area contributed by atoms with Gasteiger partial charge in [0.1, 0.15) is 5.75 Å². The van der Waals surface area contributed by atoms with E-state index in [-0.39, 0.29) is 0 Å². The molecule has 0 atom stereocenters. The number of fused-ring (bicyclic) bond motifs is 1. The molecule has 2 aromatic rings. The van der Waals surface area contributed by atoms with Crippen molar-refractivity contribution in [1.29, 1.82) is 0 Å². The molecule has 0 radical (unpaired) electrons. The number of benzene rings is 1. The zero-order valence-corrected chi connectivity index (χ0v) is 16.8. The first-order valence-electron chi connectivity index (χ1n) is 10.2. The van der Waals surface area contributed by atoms with E-state index in [9.17, 15) is 0 Å². The minimum Gasteiger partial charge on any atom is -0.495 e. The maximum atomic E-state index is 5.70. The second-order valence-corrected chi connectivity index (χ2v) is 8.04. The van der Waals surface area contributed by atoms with Crippen LogP contribution in [0.2, 0.25) is 0 Å². The van der Waals surface area contributed by atoms with Gasteiger partial charge in [0.25, 0.3) is 0 Å². The largest absolute Gasteiger partial charge is 0.495 e. The number of anilines is 2. The lowest BCUT2D eigenvalue weighted by molar-refractivity contribution is 0.122. The maximum absolute atomic E-state index is 5.70. The lowest BCUT2D eigenvalue weighted by Crippen LogP contribution is -2.36. The number of aromatic nitrogens is 1. The molecular weight excluding hydrogens is 338 g/mol. The number of hydrogen-bond acceptors (Lipinski definition) is 5. The van der Waals surface area contributed by atoms with E-state index in [1.54, 1.807) is 7.11 Å². The van der Waals surface area contributed by atoms with Gasteiger partial charge < -0.3 is 19.3 Å². The van der Waals surface area contributed by atoms with Gasteiger partial charge in [-0.05, 0) is 36.8 Å². The SMILES string of the molecule is COc1cc2nccc(N3CCC(C(C)C)CC3)c2cc1N1CCOCC1. The van der Waals surface area contributed by atoms with E-state index in [4.69, 9.17) is 9.47 Å². The number of piperidine rings is 1. The number of nitrogens with zero attached hydrogens (tertiary/aromatic N) is 3. The molecule has 146 valence electrons. The minimum absolute atomic E-state index is 0.768. The summed E-state index contributed by atoms with van der Waals surface area (Å²) in [5.41, 5.74) is 3.46. The highest BCUT2D eigenvalue weighted by atomic mass is 16.5. The Hall–Kier alpha value is -2.01. The molecule has 2 aliphatic rings. The average molecular weight is 370 g/mol. The predicted molar refractivity (Wildman–Crippen MR) is 111 cm³/mol. The topological polar surface area (TPSA) is 37.8 Å². The minimum atomic E-state index is 0.768. The molecule has 0 unspecified atom stereocenters. The van der Waals surface area contributed by atoms with Crippen molar-refractivity contribution in [3.05, 3.63) is 24.4 Å². The van der Waals surface area contributed by atoms with Crippen molar-refractivity contribution in [3.63, 3.8) is 0 Å². The first-order valence-corrected chi connectivity index (χ1v) is 10.2. The van der Waals surface area contributed by atoms with Crippen LogP contribution in [0.4, 0.5) is 11.4 Å². The Kier molecular flexibility index (Phi) is 5.39. The van der Waals surface area contributed by atoms with Crippen LogP contribution in [0.25, 0.3) is 10.9 Å². The van der Waals surface area contributed by atoms with Crippen LogP contribution in [0.1, 0.15) is 26.7 Å². The van der Waals surface area contributed by atoms with Gasteiger partial charge in [-0.1, -0.05) is 13.8 Å². The van der Waals surface area contributed by atoms with Crippen LogP contribution < -0.4 is 14.5 Å². The third-order valence-electron chi connectivity index (χ3n) is 6.19. The molecule has 0 bridgehead atoms. The number of rotatable bonds is 4. The summed E-state index contributed by atoms with van der Waals surface area (Å²) in [6, 6.07) is 6.54. The summed E-state index contributed by atoms with van der Waals surface area (Å²) in [4.78, 5) is 9.53. The summed E-state index contributed by atoms with van der Waals surface area (Å²) in [5.74, 6) is 2.52. The molecular formula is C22H31N3O2. The van der Waals surface area contributed by atoms with Crippen molar-refractivity contribution in [3.8, 4) is 5.75 Å². The van der Waals surface area contributed by atoms with Crippen LogP contribution in [0, 0.1) is 11.8 Å². The third kappa shape index (κ3) is 3.70. The monoisotopic (exact) mass is 369 g/mol. The van der Waals surface area contributed by atoms with E-state index in [1.807, 2.05) is 6.20 Å². The normalized spacial score (nSPS) is 19.1. The Bertz CT molecular complexity index is 778. The fraction of sp³-hybridized carbons (Fsp3) is 0.591. The molecule has 27 heavy (non-hydrogen) atoms. The number of methoxy groups -OCH3 is 1. The second-order valence-electron chi connectivity index (χ2n) is 8.04. The quantitative estimate of drug-likeness (QED) is 0.816. The Balaban J connectivity index is 1.69. The average Bonchev–Trinajstić information content (AvgIpc) is 2.73. The van der Waals surface area contributed by atoms with E-state index < -0.39 is 0 Å². The molecule has 0 N–H and O–H groups in total. The molecule has 0 saturated carbocycles. The highest BCUT2D eigenvalue weighted by molar-refractivity contribution is 5.96. The summed E-state index contributed by atoms with van der Waals surface area (Å²) in [7, 11) is 1.74. The van der Waals surface area contributed by atoms with Gasteiger partial charge in [-0.3, -0.25) is 4.98 Å². The standard InChI is InChI=1S/C22H31N3O2/c1-16(2)17-5-8-24(9-6-17)20-4-7-23-19-15-22(26-3)21(14-18(19)20)25-10-12-27-13-11-25/h4,7,14-17H,5-6,8-13H2,1-3H3. The van der Waals surface area contributed by atoms with Crippen molar-refractivity contribution in [2.45, 2.75) is 26.7 Å². The van der Waals surface area contributed by atoms with Gasteiger partial charge >= 0.3 is 0 Å². The van der Waals surface area contributed by atoms with Gasteiger partial charge in [0.05, 0.1) is 31.5 Å². The van der Waals surface area contributed by atoms with E-state index in [2.05, 4.69) is 46.8 Å². The molecule has 2 aliphatic heterocycles. The van der Waals surface area contributed by atoms with Crippen molar-refractivity contribution in [1.82, 2.24) is 4.98 Å². The van der Waals surface area contributed by atoms with Crippen molar-refractivity contribution in [2.24, 2.45) is 11.8 Å². The van der Waals surface area contributed by atoms with Gasteiger partial charge in [-0.2, -0.15) is 0 Å². The maximum Gasteiger partial charge on any atom is 0.144 e. The Morgan fingerprint density at radius 1 is 1.04 bits per heavy atom. The summed E-state index contributed by atoms with van der Waals surface area (Å²) in [6.45, 7) is 10.3. The number of ether oxygens (including phenoxy) is 2. The summed E-state index contributed by atoms with van der Waals surface area (Å²) in [6.07, 6.45) is 4.47. The lowest BCUT2D eigenvalue weighted by Gasteiger charge is -2.36. The van der Waals surface area contributed by atoms with Crippen LogP contribution >= 0.6 is 0 Å². The van der Waals surface area contributed by atoms with Gasteiger partial charge in [0.15, 0.2) is 0 Å². The third-order valence-corrected chi connectivity index (χ3v) is 6.19. The zero-order chi connectivity index (χ0) is 18.8. The van der Waals surface area contributed by atoms with E-state index in [1.165, 1.54) is 23.9 Å². The molecule has 1 aromatic carbocycles. The molecule has 4 rings (SSSR count). The molecule has 3 heterocycles. The van der Waals surface area contributed by atoms with E-state index in [0.29, 0.717) is 0 Å². The van der Waals surface area contributed by atoms with Gasteiger partial charge in [-0.15, -0.1) is 0 Å². The fourth-order valence-electron chi connectivity index (χ4n) is 4.45. The molecule has 5 nitrogen and oxygen atoms in total. The lowest BCUT2D eigenvalue weighted by atomic mass is 9.86. The summed E-state index contributed by atoms with van der Waals surface area (Å²) in [5, 5.41) is 1.22. The van der Waals surface area contributed by atoms with Crippen molar-refractivity contribution in [2.75, 3.05) is 56.3 Å². The molecule has 2 fully saturated rings. The van der Waals surface area contributed by atoms with Crippen molar-refractivity contribution >= 4 is 22.3 Å². The van der Waals surface area contributed by atoms with Crippen LogP contribution in [0.5, 0.6) is 5.75 Å². The van der Waals surface area contributed by atoms with E-state index in [0.717, 1.165) is 68.2 Å². The molecule has 2 saturated heterocycles. The number of hydrogen-bond donors (Lipinski definition) is 0. The first-order chi connectivity index (χ1) is 13.2. The molecule has 0 amide bonds. The molecule has 0 aliphatic carbocycles. The first kappa shape index (κ1) is 18.4. The summed E-state index contributed by atoms with van der Waals surface area (Å²) >= 11 is 0. The van der Waals surface area contributed by atoms with Gasteiger partial charge in [0.2, 0.25) is 0 Å². The molecule has 5 heteroatoms. The number of pyridine rings is 1. The smallest absolute Gasteiger partial charge is 0.144 e. The predicted octanol–water partition coefficient (Wildman–Crippen LogP) is 3.95. The molecule has 0 spiro atoms. The zero-order valence-electron chi connectivity index (χ0n) is 16.8. The second kappa shape index (κ2) is 7.93. The summed E-state index contributed by atoms with van der Waals surface area (Å²) < 4.78 is 11.2. The van der Waals surface area contributed by atoms with Crippen LogP contribution in [-0.2, 0) is 4.74 Å². The highest BCUT2D eigenvalue weighted by Gasteiger charge is 2.24. The Labute approximate surface area is 162 Å². The number of morpholine rings is 1. The van der Waals surface area contributed by atoms with Crippen molar-refractivity contribution < 1.29 is 9.47 Å².